The molecule has 1 heteroatoms. The van der Waals surface area contributed by atoms with Crippen LogP contribution in [0.15, 0.2) is 0 Å². The van der Waals surface area contributed by atoms with Crippen LogP contribution in [0, 0.1) is 11.8 Å². The Kier molecular flexibility index (Phi) is 2.12. The van der Waals surface area contributed by atoms with Gasteiger partial charge < -0.3 is 5.11 Å². The number of aliphatic hydroxyl groups is 1. The monoisotopic (exact) mass is 128 g/mol. The summed E-state index contributed by atoms with van der Waals surface area (Å²) in [5.74, 6) is 1.29. The lowest BCUT2D eigenvalue weighted by Gasteiger charge is -2.28. The minimum absolute atomic E-state index is 0.0197. The van der Waals surface area contributed by atoms with Crippen molar-refractivity contribution < 1.29 is 5.11 Å². The van der Waals surface area contributed by atoms with Gasteiger partial charge in [0.25, 0.3) is 0 Å². The van der Waals surface area contributed by atoms with Crippen molar-refractivity contribution in [3.63, 3.8) is 0 Å². The van der Waals surface area contributed by atoms with Crippen LogP contribution in [0.25, 0.3) is 0 Å². The maximum absolute atomic E-state index is 9.35. The molecule has 0 amide bonds. The van der Waals surface area contributed by atoms with E-state index in [-0.39, 0.29) is 6.10 Å². The average molecular weight is 128 g/mol. The van der Waals surface area contributed by atoms with E-state index in [0.717, 1.165) is 12.3 Å². The summed E-state index contributed by atoms with van der Waals surface area (Å²) in [5.41, 5.74) is 0. The van der Waals surface area contributed by atoms with Gasteiger partial charge >= 0.3 is 0 Å². The molecular weight excluding hydrogens is 112 g/mol. The number of hydrogen-bond acceptors (Lipinski definition) is 1. The van der Waals surface area contributed by atoms with Crippen molar-refractivity contribution >= 4 is 0 Å². The number of hydrogen-bond donors (Lipinski definition) is 1. The van der Waals surface area contributed by atoms with Gasteiger partial charge in [-0.1, -0.05) is 20.3 Å². The fraction of sp³-hybridized carbons (Fsp3) is 1.00. The van der Waals surface area contributed by atoms with Crippen LogP contribution in [-0.2, 0) is 0 Å². The van der Waals surface area contributed by atoms with Crippen molar-refractivity contribution in [2.75, 3.05) is 0 Å². The lowest BCUT2D eigenvalue weighted by atomic mass is 9.82. The molecule has 2 unspecified atom stereocenters. The highest BCUT2D eigenvalue weighted by molar-refractivity contribution is 4.74. The van der Waals surface area contributed by atoms with Crippen molar-refractivity contribution in [3.05, 3.63) is 0 Å². The van der Waals surface area contributed by atoms with Gasteiger partial charge in [-0.2, -0.15) is 0 Å². The average Bonchev–Trinajstić information content (AvgIpc) is 1.80. The zero-order chi connectivity index (χ0) is 6.85. The van der Waals surface area contributed by atoms with E-state index in [4.69, 9.17) is 0 Å². The highest BCUT2D eigenvalue weighted by atomic mass is 16.3. The first-order valence-electron chi connectivity index (χ1n) is 3.88. The first kappa shape index (κ1) is 7.07. The third-order valence-corrected chi connectivity index (χ3v) is 2.42. The van der Waals surface area contributed by atoms with Crippen LogP contribution in [0.3, 0.4) is 0 Å². The predicted molar refractivity (Wildman–Crippen MR) is 38.2 cm³/mol. The van der Waals surface area contributed by atoms with Gasteiger partial charge in [-0.25, -0.2) is 0 Å². The Morgan fingerprint density at radius 2 is 1.89 bits per heavy atom. The molecule has 0 heterocycles. The van der Waals surface area contributed by atoms with Crippen LogP contribution in [0.2, 0.25) is 0 Å². The molecule has 1 fully saturated rings. The van der Waals surface area contributed by atoms with Crippen LogP contribution >= 0.6 is 0 Å². The highest BCUT2D eigenvalue weighted by Crippen LogP contribution is 2.27. The minimum Gasteiger partial charge on any atom is -0.393 e. The van der Waals surface area contributed by atoms with Gasteiger partial charge in [0.05, 0.1) is 6.10 Å². The molecule has 0 spiro atoms. The molecule has 0 aromatic carbocycles. The summed E-state index contributed by atoms with van der Waals surface area (Å²) in [6, 6.07) is 0. The van der Waals surface area contributed by atoms with E-state index in [1.165, 1.54) is 12.8 Å². The van der Waals surface area contributed by atoms with Crippen molar-refractivity contribution in [1.29, 1.82) is 0 Å². The molecule has 0 aliphatic heterocycles. The lowest BCUT2D eigenvalue weighted by Crippen LogP contribution is -2.25. The van der Waals surface area contributed by atoms with E-state index >= 15 is 0 Å². The quantitative estimate of drug-likeness (QED) is 0.527. The number of rotatable bonds is 0. The molecular formula is C8H16O. The molecule has 3 atom stereocenters. The fourth-order valence-electron chi connectivity index (χ4n) is 1.50. The maximum atomic E-state index is 9.35. The van der Waals surface area contributed by atoms with Gasteiger partial charge in [-0.05, 0) is 24.7 Å². The first-order valence-corrected chi connectivity index (χ1v) is 3.88. The largest absolute Gasteiger partial charge is 0.393 e. The predicted octanol–water partition coefficient (Wildman–Crippen LogP) is 1.80. The van der Waals surface area contributed by atoms with Crippen LogP contribution in [0.1, 0.15) is 33.1 Å². The van der Waals surface area contributed by atoms with Crippen LogP contribution in [0.4, 0.5) is 0 Å². The van der Waals surface area contributed by atoms with Gasteiger partial charge in [0.1, 0.15) is 0 Å². The standard InChI is InChI=1S/C8H16O/c1-6-3-4-7(2)8(9)5-6/h6-9H,3-5H2,1-2H3/t6?,7-,8?/m0/s1. The maximum Gasteiger partial charge on any atom is 0.0568 e. The van der Waals surface area contributed by atoms with Crippen molar-refractivity contribution in [2.24, 2.45) is 11.8 Å². The third-order valence-electron chi connectivity index (χ3n) is 2.42. The van der Waals surface area contributed by atoms with Crippen LogP contribution < -0.4 is 0 Å². The summed E-state index contributed by atoms with van der Waals surface area (Å²) in [6.07, 6.45) is 3.51. The smallest absolute Gasteiger partial charge is 0.0568 e. The SMILES string of the molecule is CC1CC[C@H](C)C(O)C1. The van der Waals surface area contributed by atoms with E-state index < -0.39 is 0 Å². The van der Waals surface area contributed by atoms with Crippen LogP contribution in [-0.4, -0.2) is 11.2 Å². The van der Waals surface area contributed by atoms with Gasteiger partial charge in [0.2, 0.25) is 0 Å². The Bertz CT molecular complexity index is 90.6. The van der Waals surface area contributed by atoms with Gasteiger partial charge in [-0.15, -0.1) is 0 Å². The second-order valence-corrected chi connectivity index (χ2v) is 3.46. The third kappa shape index (κ3) is 1.68. The van der Waals surface area contributed by atoms with E-state index in [9.17, 15) is 5.11 Å². The van der Waals surface area contributed by atoms with Crippen LogP contribution in [0.5, 0.6) is 0 Å². The molecule has 9 heavy (non-hydrogen) atoms. The minimum atomic E-state index is -0.0197. The topological polar surface area (TPSA) is 20.2 Å². The Balaban J connectivity index is 2.35. The summed E-state index contributed by atoms with van der Waals surface area (Å²) in [5, 5.41) is 9.35. The zero-order valence-corrected chi connectivity index (χ0v) is 6.30. The summed E-state index contributed by atoms with van der Waals surface area (Å²) in [7, 11) is 0. The highest BCUT2D eigenvalue weighted by Gasteiger charge is 2.22. The molecule has 1 rings (SSSR count). The molecule has 1 aliphatic carbocycles. The van der Waals surface area contributed by atoms with Gasteiger partial charge in [0, 0.05) is 0 Å². The normalized spacial score (nSPS) is 45.0. The molecule has 1 aliphatic rings. The molecule has 0 saturated heterocycles. The summed E-state index contributed by atoms with van der Waals surface area (Å²) in [6.45, 7) is 4.35. The van der Waals surface area contributed by atoms with E-state index in [0.29, 0.717) is 5.92 Å². The molecule has 1 saturated carbocycles. The number of aliphatic hydroxyl groups excluding tert-OH is 1. The van der Waals surface area contributed by atoms with E-state index in [1.807, 2.05) is 0 Å². The zero-order valence-electron chi connectivity index (χ0n) is 6.30. The molecule has 0 aromatic heterocycles. The summed E-state index contributed by atoms with van der Waals surface area (Å²) >= 11 is 0. The summed E-state index contributed by atoms with van der Waals surface area (Å²) in [4.78, 5) is 0. The van der Waals surface area contributed by atoms with E-state index in [2.05, 4.69) is 13.8 Å². The second kappa shape index (κ2) is 2.70. The fourth-order valence-corrected chi connectivity index (χ4v) is 1.50. The van der Waals surface area contributed by atoms with Gasteiger partial charge in [0.15, 0.2) is 0 Å². The Morgan fingerprint density at radius 1 is 1.22 bits per heavy atom. The molecule has 0 aromatic rings. The summed E-state index contributed by atoms with van der Waals surface area (Å²) < 4.78 is 0. The Labute approximate surface area is 57.1 Å². The second-order valence-electron chi connectivity index (χ2n) is 3.46. The van der Waals surface area contributed by atoms with Crippen molar-refractivity contribution in [2.45, 2.75) is 39.2 Å². The molecule has 1 N–H and O–H groups in total. The van der Waals surface area contributed by atoms with E-state index in [1.54, 1.807) is 0 Å². The molecule has 54 valence electrons. The first-order chi connectivity index (χ1) is 4.20. The molecule has 0 bridgehead atoms. The lowest BCUT2D eigenvalue weighted by molar-refractivity contribution is 0.0577. The Morgan fingerprint density at radius 3 is 2.33 bits per heavy atom. The van der Waals surface area contributed by atoms with Crippen molar-refractivity contribution in [3.8, 4) is 0 Å². The van der Waals surface area contributed by atoms with Gasteiger partial charge in [-0.3, -0.25) is 0 Å². The molecule has 1 nitrogen and oxygen atoms in total. The van der Waals surface area contributed by atoms with Crippen molar-refractivity contribution in [1.82, 2.24) is 0 Å². The Hall–Kier alpha value is -0.0400. The molecule has 0 radical (unpaired) electrons.